The molecule has 0 spiro atoms. The van der Waals surface area contributed by atoms with E-state index in [4.69, 9.17) is 0 Å². The maximum absolute atomic E-state index is 11.9. The second-order valence-electron chi connectivity index (χ2n) is 5.87. The first-order valence-corrected chi connectivity index (χ1v) is 7.71. The number of nitrogens with zero attached hydrogens (tertiary/aromatic N) is 3. The van der Waals surface area contributed by atoms with Crippen LogP contribution in [0.3, 0.4) is 0 Å². The first kappa shape index (κ1) is 15.1. The summed E-state index contributed by atoms with van der Waals surface area (Å²) in [5.41, 5.74) is 2.32. The van der Waals surface area contributed by atoms with E-state index in [-0.39, 0.29) is 24.4 Å². The monoisotopic (exact) mass is 305 g/mol. The minimum atomic E-state index is -0.0625. The van der Waals surface area contributed by atoms with Gasteiger partial charge in [0, 0.05) is 19.5 Å². The number of amides is 1. The Morgan fingerprint density at radius 3 is 2.04 bits per heavy atom. The van der Waals surface area contributed by atoms with Crippen molar-refractivity contribution in [2.45, 2.75) is 12.0 Å². The van der Waals surface area contributed by atoms with Gasteiger partial charge in [-0.2, -0.15) is 5.26 Å². The third kappa shape index (κ3) is 3.04. The van der Waals surface area contributed by atoms with E-state index in [1.54, 1.807) is 16.8 Å². The first-order valence-electron chi connectivity index (χ1n) is 7.71. The van der Waals surface area contributed by atoms with Crippen molar-refractivity contribution in [2.75, 3.05) is 20.1 Å². The highest BCUT2D eigenvalue weighted by Gasteiger charge is 2.36. The molecule has 1 heterocycles. The van der Waals surface area contributed by atoms with E-state index in [0.717, 1.165) is 11.1 Å². The predicted molar refractivity (Wildman–Crippen MR) is 88.5 cm³/mol. The van der Waals surface area contributed by atoms with Gasteiger partial charge >= 0.3 is 0 Å². The number of carbonyl (C=O) groups excluding carboxylic acids is 1. The number of likely N-dealkylation sites (N-methyl/N-ethyl adjacent to an activating group) is 1. The normalized spacial score (nSPS) is 18.1. The van der Waals surface area contributed by atoms with E-state index in [1.807, 2.05) is 36.4 Å². The van der Waals surface area contributed by atoms with Crippen molar-refractivity contribution in [3.05, 3.63) is 71.8 Å². The van der Waals surface area contributed by atoms with Gasteiger partial charge in [-0.3, -0.25) is 9.69 Å². The van der Waals surface area contributed by atoms with Crippen LogP contribution in [0.25, 0.3) is 0 Å². The van der Waals surface area contributed by atoms with Crippen LogP contribution in [0, 0.1) is 11.5 Å². The molecule has 1 aliphatic heterocycles. The summed E-state index contributed by atoms with van der Waals surface area (Å²) < 4.78 is 0. The number of benzene rings is 2. The number of piperazine rings is 1. The lowest BCUT2D eigenvalue weighted by molar-refractivity contribution is -0.135. The molecule has 0 saturated carbocycles. The van der Waals surface area contributed by atoms with Crippen LogP contribution in [-0.4, -0.2) is 41.9 Å². The molecule has 1 fully saturated rings. The molecule has 1 saturated heterocycles. The highest BCUT2D eigenvalue weighted by molar-refractivity contribution is 5.79. The maximum Gasteiger partial charge on any atom is 0.242 e. The summed E-state index contributed by atoms with van der Waals surface area (Å²) in [6.45, 7) is 0.689. The summed E-state index contributed by atoms with van der Waals surface area (Å²) in [5.74, 6) is 0.0373. The fourth-order valence-corrected chi connectivity index (χ4v) is 3.22. The van der Waals surface area contributed by atoms with E-state index in [0.29, 0.717) is 6.54 Å². The quantitative estimate of drug-likeness (QED) is 0.818. The second kappa shape index (κ2) is 6.53. The number of carbonyl (C=O) groups is 1. The number of hydrogen-bond donors (Lipinski definition) is 0. The Labute approximate surface area is 136 Å². The van der Waals surface area contributed by atoms with Gasteiger partial charge in [-0.05, 0) is 11.1 Å². The van der Waals surface area contributed by atoms with Gasteiger partial charge in [0.15, 0.2) is 6.19 Å². The molecule has 0 bridgehead atoms. The number of nitriles is 1. The Morgan fingerprint density at radius 2 is 1.57 bits per heavy atom. The SMILES string of the molecule is CN1C[C@H](C(c2ccccc2)c2ccccc2)N(C#N)CC1=O. The Hall–Kier alpha value is -2.80. The molecule has 1 atom stereocenters. The van der Waals surface area contributed by atoms with Crippen molar-refractivity contribution < 1.29 is 4.79 Å². The maximum atomic E-state index is 11.9. The molecule has 4 heteroatoms. The molecule has 1 amide bonds. The van der Waals surface area contributed by atoms with Gasteiger partial charge in [0.2, 0.25) is 5.91 Å². The van der Waals surface area contributed by atoms with Crippen molar-refractivity contribution in [1.29, 1.82) is 5.26 Å². The van der Waals surface area contributed by atoms with Crippen LogP contribution in [0.2, 0.25) is 0 Å². The summed E-state index contributed by atoms with van der Waals surface area (Å²) in [7, 11) is 1.80. The van der Waals surface area contributed by atoms with Crippen molar-refractivity contribution in [3.63, 3.8) is 0 Å². The summed E-state index contributed by atoms with van der Waals surface area (Å²) in [5, 5.41) is 9.51. The highest BCUT2D eigenvalue weighted by Crippen LogP contribution is 2.32. The van der Waals surface area contributed by atoms with Gasteiger partial charge in [-0.15, -0.1) is 0 Å². The van der Waals surface area contributed by atoms with Crippen LogP contribution in [0.1, 0.15) is 17.0 Å². The zero-order chi connectivity index (χ0) is 16.2. The highest BCUT2D eigenvalue weighted by atomic mass is 16.2. The Kier molecular flexibility index (Phi) is 4.29. The predicted octanol–water partition coefficient (Wildman–Crippen LogP) is 2.44. The summed E-state index contributed by atoms with van der Waals surface area (Å²) in [6, 6.07) is 20.3. The van der Waals surface area contributed by atoms with Gasteiger partial charge in [0.25, 0.3) is 0 Å². The van der Waals surface area contributed by atoms with Crippen LogP contribution in [-0.2, 0) is 4.79 Å². The second-order valence-corrected chi connectivity index (χ2v) is 5.87. The van der Waals surface area contributed by atoms with E-state index in [9.17, 15) is 10.1 Å². The Morgan fingerprint density at radius 1 is 1.04 bits per heavy atom. The van der Waals surface area contributed by atoms with Crippen LogP contribution >= 0.6 is 0 Å². The van der Waals surface area contributed by atoms with Gasteiger partial charge in [0.1, 0.15) is 6.54 Å². The van der Waals surface area contributed by atoms with E-state index in [2.05, 4.69) is 30.5 Å². The molecule has 0 aromatic heterocycles. The fraction of sp³-hybridized carbons (Fsp3) is 0.263. The van der Waals surface area contributed by atoms with E-state index < -0.39 is 0 Å². The Balaban J connectivity index is 2.05. The lowest BCUT2D eigenvalue weighted by Crippen LogP contribution is -2.55. The topological polar surface area (TPSA) is 47.3 Å². The molecule has 23 heavy (non-hydrogen) atoms. The molecule has 0 unspecified atom stereocenters. The summed E-state index contributed by atoms with van der Waals surface area (Å²) >= 11 is 0. The average molecular weight is 305 g/mol. The first-order chi connectivity index (χ1) is 11.2. The van der Waals surface area contributed by atoms with E-state index >= 15 is 0 Å². The van der Waals surface area contributed by atoms with Gasteiger partial charge in [-0.1, -0.05) is 60.7 Å². The zero-order valence-electron chi connectivity index (χ0n) is 13.1. The smallest absolute Gasteiger partial charge is 0.242 e. The lowest BCUT2D eigenvalue weighted by Gasteiger charge is -2.41. The molecule has 2 aromatic carbocycles. The van der Waals surface area contributed by atoms with Crippen LogP contribution < -0.4 is 0 Å². The average Bonchev–Trinajstić information content (AvgIpc) is 2.60. The minimum absolute atomic E-state index is 0.0114. The molecule has 2 aromatic rings. The molecular weight excluding hydrogens is 286 g/mol. The van der Waals surface area contributed by atoms with Crippen molar-refractivity contribution in [3.8, 4) is 6.19 Å². The molecule has 116 valence electrons. The third-order valence-electron chi connectivity index (χ3n) is 4.42. The minimum Gasteiger partial charge on any atom is -0.342 e. The van der Waals surface area contributed by atoms with Crippen LogP contribution in [0.5, 0.6) is 0 Å². The van der Waals surface area contributed by atoms with Crippen LogP contribution in [0.4, 0.5) is 0 Å². The number of hydrogen-bond acceptors (Lipinski definition) is 3. The Bertz CT molecular complexity index is 669. The van der Waals surface area contributed by atoms with Crippen molar-refractivity contribution in [2.24, 2.45) is 0 Å². The lowest BCUT2D eigenvalue weighted by atomic mass is 9.83. The standard InChI is InChI=1S/C19H19N3O/c1-21-12-17(22(14-20)13-18(21)23)19(15-8-4-2-5-9-15)16-10-6-3-7-11-16/h2-11,17,19H,12-13H2,1H3/t17-/m1/s1. The molecule has 1 aliphatic rings. The molecule has 0 N–H and O–H groups in total. The van der Waals surface area contributed by atoms with Crippen LogP contribution in [0.15, 0.2) is 60.7 Å². The van der Waals surface area contributed by atoms with Crippen molar-refractivity contribution >= 4 is 5.91 Å². The summed E-state index contributed by atoms with van der Waals surface area (Å²) in [6.07, 6.45) is 2.21. The summed E-state index contributed by atoms with van der Waals surface area (Å²) in [4.78, 5) is 15.3. The largest absolute Gasteiger partial charge is 0.342 e. The van der Waals surface area contributed by atoms with E-state index in [1.165, 1.54) is 0 Å². The number of rotatable bonds is 3. The van der Waals surface area contributed by atoms with Crippen molar-refractivity contribution in [1.82, 2.24) is 9.80 Å². The molecule has 4 nitrogen and oxygen atoms in total. The zero-order valence-corrected chi connectivity index (χ0v) is 13.1. The molecule has 3 rings (SSSR count). The van der Waals surface area contributed by atoms with Gasteiger partial charge in [0.05, 0.1) is 6.04 Å². The molecular formula is C19H19N3O. The van der Waals surface area contributed by atoms with Gasteiger partial charge < -0.3 is 4.90 Å². The molecule has 0 radical (unpaired) electrons. The molecule has 0 aliphatic carbocycles. The fourth-order valence-electron chi connectivity index (χ4n) is 3.22. The van der Waals surface area contributed by atoms with Gasteiger partial charge in [-0.25, -0.2) is 0 Å². The third-order valence-corrected chi connectivity index (χ3v) is 4.42.